The van der Waals surface area contributed by atoms with Crippen LogP contribution in [0, 0.1) is 0 Å². The summed E-state index contributed by atoms with van der Waals surface area (Å²) in [5.41, 5.74) is 3.16. The lowest BCUT2D eigenvalue weighted by Gasteiger charge is -2.35. The van der Waals surface area contributed by atoms with Crippen LogP contribution >= 0.6 is 0 Å². The second-order valence-electron chi connectivity index (χ2n) is 8.37. The Morgan fingerprint density at radius 3 is 2.57 bits per heavy atom. The van der Waals surface area contributed by atoms with Crippen LogP contribution in [0.1, 0.15) is 17.3 Å². The highest BCUT2D eigenvalue weighted by molar-refractivity contribution is 6.00. The zero-order valence-electron chi connectivity index (χ0n) is 20.0. The van der Waals surface area contributed by atoms with Gasteiger partial charge >= 0.3 is 0 Å². The standard InChI is InChI=1S/C28H28N4O3/c1-3-35-26-19-25(20-7-6-8-22(17-20)34-2)30-24-11-10-21(18-23(24)26)28(33)32-15-13-31(14-16-32)27-9-4-5-12-29-27/h4-12,17-19H,3,13-16H2,1-2H3. The summed E-state index contributed by atoms with van der Waals surface area (Å²) in [6.07, 6.45) is 1.80. The SMILES string of the molecule is CCOc1cc(-c2cccc(OC)c2)nc2ccc(C(=O)N3CCN(c4ccccn4)CC3)cc12. The third-order valence-corrected chi connectivity index (χ3v) is 6.22. The lowest BCUT2D eigenvalue weighted by atomic mass is 10.1. The van der Waals surface area contributed by atoms with E-state index < -0.39 is 0 Å². The molecule has 1 fully saturated rings. The second kappa shape index (κ2) is 10.0. The van der Waals surface area contributed by atoms with Gasteiger partial charge < -0.3 is 19.3 Å². The number of pyridine rings is 2. The molecule has 0 saturated carbocycles. The molecule has 3 heterocycles. The number of hydrogen-bond donors (Lipinski definition) is 0. The molecule has 1 amide bonds. The summed E-state index contributed by atoms with van der Waals surface area (Å²) < 4.78 is 11.3. The smallest absolute Gasteiger partial charge is 0.254 e. The van der Waals surface area contributed by atoms with Gasteiger partial charge in [0.25, 0.3) is 5.91 Å². The van der Waals surface area contributed by atoms with Crippen molar-refractivity contribution in [2.75, 3.05) is 44.8 Å². The Balaban J connectivity index is 1.40. The number of piperazine rings is 1. The first-order valence-corrected chi connectivity index (χ1v) is 11.8. The van der Waals surface area contributed by atoms with E-state index in [-0.39, 0.29) is 5.91 Å². The molecule has 7 heteroatoms. The van der Waals surface area contributed by atoms with Crippen LogP contribution in [0.5, 0.6) is 11.5 Å². The second-order valence-corrected chi connectivity index (χ2v) is 8.37. The van der Waals surface area contributed by atoms with Gasteiger partial charge in [0.2, 0.25) is 0 Å². The zero-order valence-corrected chi connectivity index (χ0v) is 20.0. The van der Waals surface area contributed by atoms with Crippen LogP contribution in [0.4, 0.5) is 5.82 Å². The first-order chi connectivity index (χ1) is 17.2. The van der Waals surface area contributed by atoms with Crippen molar-refractivity contribution in [1.29, 1.82) is 0 Å². The molecule has 5 rings (SSSR count). The third-order valence-electron chi connectivity index (χ3n) is 6.22. The molecule has 0 bridgehead atoms. The molecule has 35 heavy (non-hydrogen) atoms. The number of methoxy groups -OCH3 is 1. The minimum atomic E-state index is 0.0203. The molecule has 0 unspecified atom stereocenters. The predicted octanol–water partition coefficient (Wildman–Crippen LogP) is 4.67. The highest BCUT2D eigenvalue weighted by atomic mass is 16.5. The fourth-order valence-electron chi connectivity index (χ4n) is 4.40. The van der Waals surface area contributed by atoms with E-state index >= 15 is 0 Å². The molecular formula is C28H28N4O3. The van der Waals surface area contributed by atoms with Crippen molar-refractivity contribution >= 4 is 22.6 Å². The number of nitrogens with zero attached hydrogens (tertiary/aromatic N) is 4. The number of hydrogen-bond acceptors (Lipinski definition) is 6. The van der Waals surface area contributed by atoms with Crippen LogP contribution in [-0.4, -0.2) is 60.7 Å². The molecule has 178 valence electrons. The van der Waals surface area contributed by atoms with E-state index in [4.69, 9.17) is 14.5 Å². The molecule has 2 aromatic carbocycles. The first kappa shape index (κ1) is 22.7. The van der Waals surface area contributed by atoms with E-state index in [2.05, 4.69) is 9.88 Å². The summed E-state index contributed by atoms with van der Waals surface area (Å²) in [6, 6.07) is 21.3. The number of ether oxygens (including phenoxy) is 2. The summed E-state index contributed by atoms with van der Waals surface area (Å²) >= 11 is 0. The van der Waals surface area contributed by atoms with Gasteiger partial charge in [0.05, 0.1) is 24.9 Å². The minimum Gasteiger partial charge on any atom is -0.497 e. The minimum absolute atomic E-state index is 0.0203. The number of carbonyl (C=O) groups is 1. The summed E-state index contributed by atoms with van der Waals surface area (Å²) in [4.78, 5) is 26.7. The Labute approximate surface area is 204 Å². The molecule has 2 aromatic heterocycles. The molecule has 1 aliphatic heterocycles. The fraction of sp³-hybridized carbons (Fsp3) is 0.250. The number of benzene rings is 2. The van der Waals surface area contributed by atoms with Crippen molar-refractivity contribution in [3.63, 3.8) is 0 Å². The normalized spacial score (nSPS) is 13.7. The van der Waals surface area contributed by atoms with Gasteiger partial charge in [-0.1, -0.05) is 18.2 Å². The molecule has 4 aromatic rings. The van der Waals surface area contributed by atoms with Gasteiger partial charge in [0.1, 0.15) is 17.3 Å². The van der Waals surface area contributed by atoms with Crippen molar-refractivity contribution in [3.8, 4) is 22.8 Å². The lowest BCUT2D eigenvalue weighted by molar-refractivity contribution is 0.0746. The molecule has 0 atom stereocenters. The van der Waals surface area contributed by atoms with E-state index in [0.717, 1.165) is 46.8 Å². The summed E-state index contributed by atoms with van der Waals surface area (Å²) in [5, 5.41) is 0.830. The number of aromatic nitrogens is 2. The average molecular weight is 469 g/mol. The predicted molar refractivity (Wildman–Crippen MR) is 137 cm³/mol. The number of rotatable bonds is 6. The molecule has 0 N–H and O–H groups in total. The van der Waals surface area contributed by atoms with Crippen LogP contribution in [0.3, 0.4) is 0 Å². The van der Waals surface area contributed by atoms with E-state index in [9.17, 15) is 4.79 Å². The number of amides is 1. The number of anilines is 1. The topological polar surface area (TPSA) is 67.8 Å². The lowest BCUT2D eigenvalue weighted by Crippen LogP contribution is -2.49. The zero-order chi connectivity index (χ0) is 24.2. The van der Waals surface area contributed by atoms with E-state index in [1.165, 1.54) is 0 Å². The van der Waals surface area contributed by atoms with Crippen molar-refractivity contribution in [2.45, 2.75) is 6.92 Å². The maximum Gasteiger partial charge on any atom is 0.254 e. The summed E-state index contributed by atoms with van der Waals surface area (Å²) in [5.74, 6) is 2.45. The van der Waals surface area contributed by atoms with Gasteiger partial charge in [-0.05, 0) is 49.4 Å². The summed E-state index contributed by atoms with van der Waals surface area (Å²) in [7, 11) is 1.65. The quantitative estimate of drug-likeness (QED) is 0.410. The van der Waals surface area contributed by atoms with Crippen molar-refractivity contribution in [2.24, 2.45) is 0 Å². The van der Waals surface area contributed by atoms with Crippen LogP contribution in [0.2, 0.25) is 0 Å². The Kier molecular flexibility index (Phi) is 6.48. The molecule has 1 saturated heterocycles. The highest BCUT2D eigenvalue weighted by Crippen LogP contribution is 2.32. The third kappa shape index (κ3) is 4.75. The van der Waals surface area contributed by atoms with Crippen LogP contribution in [-0.2, 0) is 0 Å². The highest BCUT2D eigenvalue weighted by Gasteiger charge is 2.23. The van der Waals surface area contributed by atoms with E-state index in [0.29, 0.717) is 31.0 Å². The molecule has 0 spiro atoms. The van der Waals surface area contributed by atoms with E-state index in [1.807, 2.05) is 78.6 Å². The van der Waals surface area contributed by atoms with Crippen molar-refractivity contribution in [3.05, 3.63) is 78.5 Å². The Morgan fingerprint density at radius 2 is 1.83 bits per heavy atom. The van der Waals surface area contributed by atoms with Crippen LogP contribution in [0.15, 0.2) is 72.9 Å². The maximum absolute atomic E-state index is 13.3. The van der Waals surface area contributed by atoms with Gasteiger partial charge in [-0.25, -0.2) is 9.97 Å². The number of carbonyl (C=O) groups excluding carboxylic acids is 1. The Hall–Kier alpha value is -4.13. The first-order valence-electron chi connectivity index (χ1n) is 11.8. The van der Waals surface area contributed by atoms with Gasteiger partial charge in [0.15, 0.2) is 0 Å². The average Bonchev–Trinajstić information content (AvgIpc) is 2.93. The Morgan fingerprint density at radius 1 is 0.971 bits per heavy atom. The Bertz CT molecular complexity index is 1330. The fourth-order valence-corrected chi connectivity index (χ4v) is 4.40. The molecular weight excluding hydrogens is 440 g/mol. The van der Waals surface area contributed by atoms with Crippen molar-refractivity contribution in [1.82, 2.24) is 14.9 Å². The van der Waals surface area contributed by atoms with Gasteiger partial charge in [-0.15, -0.1) is 0 Å². The van der Waals surface area contributed by atoms with Crippen LogP contribution < -0.4 is 14.4 Å². The number of fused-ring (bicyclic) bond motifs is 1. The molecule has 7 nitrogen and oxygen atoms in total. The van der Waals surface area contributed by atoms with Crippen LogP contribution in [0.25, 0.3) is 22.2 Å². The van der Waals surface area contributed by atoms with Gasteiger partial charge in [-0.3, -0.25) is 4.79 Å². The monoisotopic (exact) mass is 468 g/mol. The summed E-state index contributed by atoms with van der Waals surface area (Å²) in [6.45, 7) is 5.29. The maximum atomic E-state index is 13.3. The molecule has 0 aliphatic carbocycles. The van der Waals surface area contributed by atoms with Crippen molar-refractivity contribution < 1.29 is 14.3 Å². The molecule has 0 radical (unpaired) electrons. The molecule has 1 aliphatic rings. The van der Waals surface area contributed by atoms with Gasteiger partial charge in [0, 0.05) is 55.0 Å². The van der Waals surface area contributed by atoms with Gasteiger partial charge in [-0.2, -0.15) is 0 Å². The largest absolute Gasteiger partial charge is 0.497 e. The van der Waals surface area contributed by atoms with E-state index in [1.54, 1.807) is 13.3 Å².